The average Bonchev–Trinajstić information content (AvgIpc) is 2.85. The van der Waals surface area contributed by atoms with Crippen LogP contribution in [0.3, 0.4) is 0 Å². The van der Waals surface area contributed by atoms with Crippen molar-refractivity contribution in [2.75, 3.05) is 12.4 Å². The van der Waals surface area contributed by atoms with Crippen molar-refractivity contribution in [3.8, 4) is 11.5 Å². The number of halogens is 2. The zero-order chi connectivity index (χ0) is 26.9. The molecule has 0 aliphatic rings. The third kappa shape index (κ3) is 5.23. The summed E-state index contributed by atoms with van der Waals surface area (Å²) in [6.07, 6.45) is 0. The number of phenolic OH excluding ortho intramolecular Hbond substituents is 1. The Labute approximate surface area is 222 Å². The van der Waals surface area contributed by atoms with Gasteiger partial charge in [-0.05, 0) is 48.2 Å². The molecule has 0 saturated carbocycles. The van der Waals surface area contributed by atoms with Crippen molar-refractivity contribution >= 4 is 67.1 Å². The minimum atomic E-state index is -4.53. The van der Waals surface area contributed by atoms with Crippen LogP contribution in [0.2, 0.25) is 10.0 Å². The van der Waals surface area contributed by atoms with Crippen LogP contribution in [-0.2, 0) is 10.1 Å². The number of carbonyl (C=O) groups excluding carboxylic acids is 1. The molecule has 0 aliphatic carbocycles. The van der Waals surface area contributed by atoms with Crippen LogP contribution in [0.25, 0.3) is 10.8 Å². The molecule has 0 heterocycles. The lowest BCUT2D eigenvalue weighted by atomic mass is 10.0. The first-order valence-corrected chi connectivity index (χ1v) is 12.8. The molecule has 0 saturated heterocycles. The van der Waals surface area contributed by atoms with Crippen LogP contribution in [0.5, 0.6) is 11.5 Å². The molecule has 37 heavy (non-hydrogen) atoms. The van der Waals surface area contributed by atoms with E-state index < -0.39 is 26.7 Å². The van der Waals surface area contributed by atoms with Gasteiger partial charge in [0, 0.05) is 5.39 Å². The van der Waals surface area contributed by atoms with Gasteiger partial charge in [-0.3, -0.25) is 9.35 Å². The van der Waals surface area contributed by atoms with Crippen LogP contribution >= 0.6 is 23.2 Å². The third-order valence-electron chi connectivity index (χ3n) is 5.52. The van der Waals surface area contributed by atoms with E-state index in [9.17, 15) is 22.9 Å². The first kappa shape index (κ1) is 26.4. The largest absolute Gasteiger partial charge is 0.505 e. The third-order valence-corrected chi connectivity index (χ3v) is 7.31. The number of methoxy groups -OCH3 is 1. The standard InChI is InChI=1S/C25H19Cl2N3O6S/c1-13-18(10-11-20(21(13)27)37(33,34)35)29-30-22-15-7-4-3-6-14(15)12-16(23(22)31)25(32)28-19-9-5-8-17(26)24(19)36-2/h3-12,31H,1-2H3,(H,28,32)(H,33,34,35). The smallest absolute Gasteiger partial charge is 0.296 e. The highest BCUT2D eigenvalue weighted by atomic mass is 35.5. The first-order chi connectivity index (χ1) is 17.5. The summed E-state index contributed by atoms with van der Waals surface area (Å²) in [6, 6.07) is 15.7. The van der Waals surface area contributed by atoms with E-state index in [1.807, 2.05) is 0 Å². The van der Waals surface area contributed by atoms with Gasteiger partial charge in [-0.25, -0.2) is 0 Å². The van der Waals surface area contributed by atoms with Gasteiger partial charge in [0.1, 0.15) is 10.6 Å². The number of aromatic hydroxyl groups is 1. The second kappa shape index (κ2) is 10.3. The number of hydrogen-bond acceptors (Lipinski definition) is 7. The summed E-state index contributed by atoms with van der Waals surface area (Å²) in [6.45, 7) is 1.51. The van der Waals surface area contributed by atoms with E-state index in [4.69, 9.17) is 27.9 Å². The monoisotopic (exact) mass is 559 g/mol. The van der Waals surface area contributed by atoms with Crippen LogP contribution in [0.15, 0.2) is 75.8 Å². The number of phenols is 1. The highest BCUT2D eigenvalue weighted by Crippen LogP contribution is 2.41. The molecule has 4 aromatic carbocycles. The Hall–Kier alpha value is -3.70. The van der Waals surface area contributed by atoms with E-state index in [1.54, 1.807) is 42.5 Å². The highest BCUT2D eigenvalue weighted by molar-refractivity contribution is 7.86. The molecule has 190 valence electrons. The molecular formula is C25H19Cl2N3O6S. The molecule has 0 fully saturated rings. The maximum Gasteiger partial charge on any atom is 0.296 e. The number of amides is 1. The topological polar surface area (TPSA) is 138 Å². The number of ether oxygens (including phenoxy) is 1. The van der Waals surface area contributed by atoms with Crippen LogP contribution < -0.4 is 10.1 Å². The number of benzene rings is 4. The molecule has 0 aromatic heterocycles. The summed E-state index contributed by atoms with van der Waals surface area (Å²) in [7, 11) is -3.11. The Kier molecular flexibility index (Phi) is 7.37. The van der Waals surface area contributed by atoms with E-state index in [0.29, 0.717) is 21.5 Å². The summed E-state index contributed by atoms with van der Waals surface area (Å²) < 4.78 is 37.6. The molecule has 4 aromatic rings. The van der Waals surface area contributed by atoms with Crippen molar-refractivity contribution in [1.82, 2.24) is 0 Å². The molecule has 0 atom stereocenters. The van der Waals surface area contributed by atoms with Crippen molar-refractivity contribution < 1.29 is 27.6 Å². The van der Waals surface area contributed by atoms with E-state index >= 15 is 0 Å². The lowest BCUT2D eigenvalue weighted by molar-refractivity contribution is 0.102. The number of nitrogens with one attached hydrogen (secondary N) is 1. The number of fused-ring (bicyclic) bond motifs is 1. The van der Waals surface area contributed by atoms with Crippen molar-refractivity contribution in [2.24, 2.45) is 10.2 Å². The molecule has 4 rings (SSSR count). The number of rotatable bonds is 6. The van der Waals surface area contributed by atoms with Crippen LogP contribution in [0.1, 0.15) is 15.9 Å². The van der Waals surface area contributed by atoms with Crippen molar-refractivity contribution in [2.45, 2.75) is 11.8 Å². The molecule has 0 radical (unpaired) electrons. The van der Waals surface area contributed by atoms with Gasteiger partial charge in [0.25, 0.3) is 16.0 Å². The maximum atomic E-state index is 13.2. The SMILES string of the molecule is COc1c(Cl)cccc1NC(=O)c1cc2ccccc2c(N=Nc2ccc(S(=O)(=O)O)c(Cl)c2C)c1O. The molecule has 0 aliphatic heterocycles. The Morgan fingerprint density at radius 3 is 2.46 bits per heavy atom. The molecule has 0 unspecified atom stereocenters. The van der Waals surface area contributed by atoms with Gasteiger partial charge in [0.2, 0.25) is 0 Å². The summed E-state index contributed by atoms with van der Waals surface area (Å²) in [5, 5.41) is 23.3. The molecular weight excluding hydrogens is 541 g/mol. The summed E-state index contributed by atoms with van der Waals surface area (Å²) >= 11 is 12.2. The summed E-state index contributed by atoms with van der Waals surface area (Å²) in [5.41, 5.74) is 0.674. The number of azo groups is 1. The predicted octanol–water partition coefficient (Wildman–Crippen LogP) is 7.08. The zero-order valence-electron chi connectivity index (χ0n) is 19.4. The number of hydrogen-bond donors (Lipinski definition) is 3. The Balaban J connectivity index is 1.80. The van der Waals surface area contributed by atoms with Gasteiger partial charge < -0.3 is 15.2 Å². The minimum Gasteiger partial charge on any atom is -0.505 e. The number of carbonyl (C=O) groups is 1. The van der Waals surface area contributed by atoms with Gasteiger partial charge in [-0.2, -0.15) is 13.5 Å². The number of para-hydroxylation sites is 1. The van der Waals surface area contributed by atoms with Crippen LogP contribution in [-0.4, -0.2) is 31.1 Å². The molecule has 3 N–H and O–H groups in total. The van der Waals surface area contributed by atoms with Gasteiger partial charge in [-0.1, -0.05) is 53.5 Å². The maximum absolute atomic E-state index is 13.2. The molecule has 1 amide bonds. The van der Waals surface area contributed by atoms with Crippen molar-refractivity contribution in [3.05, 3.63) is 81.8 Å². The number of anilines is 1. The van der Waals surface area contributed by atoms with E-state index in [-0.39, 0.29) is 33.3 Å². The van der Waals surface area contributed by atoms with Crippen molar-refractivity contribution in [3.63, 3.8) is 0 Å². The Morgan fingerprint density at radius 1 is 1.03 bits per heavy atom. The normalized spacial score (nSPS) is 11.7. The lowest BCUT2D eigenvalue weighted by Crippen LogP contribution is -2.13. The molecule has 0 bridgehead atoms. The fourth-order valence-electron chi connectivity index (χ4n) is 3.66. The fraction of sp³-hybridized carbons (Fsp3) is 0.0800. The van der Waals surface area contributed by atoms with Gasteiger partial charge >= 0.3 is 0 Å². The van der Waals surface area contributed by atoms with E-state index in [0.717, 1.165) is 6.07 Å². The molecule has 9 nitrogen and oxygen atoms in total. The van der Waals surface area contributed by atoms with Crippen LogP contribution in [0.4, 0.5) is 17.1 Å². The fourth-order valence-corrected chi connectivity index (χ4v) is 4.98. The Bertz CT molecular complexity index is 1690. The lowest BCUT2D eigenvalue weighted by Gasteiger charge is -2.14. The number of nitrogens with zero attached hydrogens (tertiary/aromatic N) is 2. The van der Waals surface area contributed by atoms with Crippen molar-refractivity contribution in [1.29, 1.82) is 0 Å². The predicted molar refractivity (Wildman–Crippen MR) is 142 cm³/mol. The quantitative estimate of drug-likeness (QED) is 0.170. The summed E-state index contributed by atoms with van der Waals surface area (Å²) in [4.78, 5) is 12.7. The minimum absolute atomic E-state index is 0.00990. The zero-order valence-corrected chi connectivity index (χ0v) is 21.7. The molecule has 12 heteroatoms. The second-order valence-electron chi connectivity index (χ2n) is 7.81. The molecule has 0 spiro atoms. The average molecular weight is 560 g/mol. The van der Waals surface area contributed by atoms with E-state index in [2.05, 4.69) is 15.5 Å². The van der Waals surface area contributed by atoms with Crippen LogP contribution in [0, 0.1) is 6.92 Å². The summed E-state index contributed by atoms with van der Waals surface area (Å²) in [5.74, 6) is -0.811. The first-order valence-electron chi connectivity index (χ1n) is 10.6. The van der Waals surface area contributed by atoms with E-state index in [1.165, 1.54) is 26.2 Å². The highest BCUT2D eigenvalue weighted by Gasteiger charge is 2.21. The van der Waals surface area contributed by atoms with Gasteiger partial charge in [-0.15, -0.1) is 5.11 Å². The second-order valence-corrected chi connectivity index (χ2v) is 9.99. The Morgan fingerprint density at radius 2 is 1.76 bits per heavy atom. The van der Waals surface area contributed by atoms with Gasteiger partial charge in [0.05, 0.1) is 34.1 Å². The van der Waals surface area contributed by atoms with Gasteiger partial charge in [0.15, 0.2) is 11.5 Å².